The average Bonchev–Trinajstić information content (AvgIpc) is 4.17. The Balaban J connectivity index is 1.54. The molecule has 0 spiro atoms. The third-order valence-corrected chi connectivity index (χ3v) is 19.8. The molecule has 0 aliphatic carbocycles. The molecule has 0 fully saturated rings. The number of halogens is 2. The highest BCUT2D eigenvalue weighted by atomic mass is 79.9. The van der Waals surface area contributed by atoms with Crippen LogP contribution >= 0.6 is 54.5 Å². The van der Waals surface area contributed by atoms with Crippen molar-refractivity contribution >= 4 is 77.7 Å². The van der Waals surface area contributed by atoms with Crippen LogP contribution in [0.4, 0.5) is 0 Å². The third kappa shape index (κ3) is 25.3. The van der Waals surface area contributed by atoms with Gasteiger partial charge in [0.1, 0.15) is 0 Å². The fraction of sp³-hybridized carbons (Fsp3) is 0.788. The molecule has 2 aliphatic heterocycles. The van der Waals surface area contributed by atoms with E-state index in [1.807, 2.05) is 0 Å². The molecule has 2 aromatic heterocycles. The Hall–Kier alpha value is -1.22. The van der Waals surface area contributed by atoms with Gasteiger partial charge >= 0.3 is 0 Å². The monoisotopic (exact) mass is 1180 g/mol. The highest BCUT2D eigenvalue weighted by Crippen LogP contribution is 2.50. The molecule has 4 rings (SSSR count). The van der Waals surface area contributed by atoms with Crippen LogP contribution in [-0.2, 0) is 9.59 Å². The van der Waals surface area contributed by atoms with Gasteiger partial charge in [-0.15, -0.1) is 22.7 Å². The topological polar surface area (TPSA) is 40.6 Å². The van der Waals surface area contributed by atoms with Crippen LogP contribution < -0.4 is 0 Å². The third-order valence-electron chi connectivity index (χ3n) is 16.5. The van der Waals surface area contributed by atoms with Crippen LogP contribution in [-0.4, -0.2) is 34.7 Å². The minimum Gasteiger partial charge on any atom is -0.306 e. The summed E-state index contributed by atoms with van der Waals surface area (Å²) in [7, 11) is 0. The van der Waals surface area contributed by atoms with Crippen LogP contribution in [0.5, 0.6) is 0 Å². The minimum absolute atomic E-state index is 0.0481. The molecule has 0 saturated heterocycles. The molecule has 0 radical (unpaired) electrons. The van der Waals surface area contributed by atoms with Gasteiger partial charge in [-0.05, 0) is 93.6 Å². The van der Waals surface area contributed by atoms with Gasteiger partial charge in [-0.3, -0.25) is 9.59 Å². The molecule has 4 nitrogen and oxygen atoms in total. The lowest BCUT2D eigenvalue weighted by atomic mass is 9.93. The zero-order valence-electron chi connectivity index (χ0n) is 48.3. The lowest BCUT2D eigenvalue weighted by Crippen LogP contribution is -2.34. The Morgan fingerprint density at radius 1 is 0.338 bits per heavy atom. The normalized spacial score (nSPS) is 14.0. The molecule has 8 heteroatoms. The zero-order valence-corrected chi connectivity index (χ0v) is 53.1. The lowest BCUT2D eigenvalue weighted by molar-refractivity contribution is -0.124. The number of amides is 2. The molecule has 2 aliphatic rings. The summed E-state index contributed by atoms with van der Waals surface area (Å²) >= 11 is 10.9. The first-order valence-electron chi connectivity index (χ1n) is 32.0. The first-order valence-corrected chi connectivity index (χ1v) is 35.2. The van der Waals surface area contributed by atoms with Gasteiger partial charge in [-0.1, -0.05) is 285 Å². The van der Waals surface area contributed by atoms with Gasteiger partial charge in [0.15, 0.2) is 0 Å². The lowest BCUT2D eigenvalue weighted by Gasteiger charge is -2.29. The highest BCUT2D eigenvalue weighted by Gasteiger charge is 2.50. The summed E-state index contributed by atoms with van der Waals surface area (Å²) in [5.41, 5.74) is 3.08. The summed E-state index contributed by atoms with van der Waals surface area (Å²) in [6, 6.07) is 8.51. The molecule has 0 unspecified atom stereocenters. The predicted octanol–water partition coefficient (Wildman–Crippen LogP) is 23.6. The van der Waals surface area contributed by atoms with Crippen molar-refractivity contribution in [2.24, 2.45) is 11.8 Å². The number of hydrogen-bond donors (Lipinski definition) is 0. The summed E-state index contributed by atoms with van der Waals surface area (Å²) in [5, 5.41) is 0. The van der Waals surface area contributed by atoms with Gasteiger partial charge in [-0.2, -0.15) is 0 Å². The van der Waals surface area contributed by atoms with E-state index >= 15 is 9.59 Å². The van der Waals surface area contributed by atoms with E-state index in [2.05, 4.69) is 93.6 Å². The molecular formula is C66H110Br2N2O2S2. The van der Waals surface area contributed by atoms with Crippen molar-refractivity contribution in [2.45, 2.75) is 310 Å². The van der Waals surface area contributed by atoms with E-state index in [4.69, 9.17) is 0 Å². The molecule has 4 heterocycles. The van der Waals surface area contributed by atoms with E-state index in [-0.39, 0.29) is 11.8 Å². The van der Waals surface area contributed by atoms with Crippen molar-refractivity contribution in [1.29, 1.82) is 0 Å². The zero-order chi connectivity index (χ0) is 52.9. The van der Waals surface area contributed by atoms with Crippen molar-refractivity contribution in [2.75, 3.05) is 13.1 Å². The first kappa shape index (κ1) is 65.3. The second-order valence-electron chi connectivity index (χ2n) is 23.1. The van der Waals surface area contributed by atoms with Gasteiger partial charge in [0.2, 0.25) is 0 Å². The maximum Gasteiger partial charge on any atom is 0.261 e. The second-order valence-corrected chi connectivity index (χ2v) is 28.0. The van der Waals surface area contributed by atoms with Crippen LogP contribution in [0.25, 0.3) is 11.4 Å². The van der Waals surface area contributed by atoms with Crippen molar-refractivity contribution in [3.05, 3.63) is 52.7 Å². The molecule has 0 bridgehead atoms. The number of hydrogen-bond acceptors (Lipinski definition) is 4. The first-order chi connectivity index (χ1) is 36.3. The van der Waals surface area contributed by atoms with Crippen molar-refractivity contribution < 1.29 is 9.59 Å². The summed E-state index contributed by atoms with van der Waals surface area (Å²) in [5.74, 6) is 0.925. The maximum atomic E-state index is 15.5. The Labute approximate surface area is 481 Å². The smallest absolute Gasteiger partial charge is 0.261 e. The number of fused-ring (bicyclic) bond motifs is 1. The summed E-state index contributed by atoms with van der Waals surface area (Å²) < 4.78 is 2.07. The number of carbonyl (C=O) groups is 2. The largest absolute Gasteiger partial charge is 0.306 e. The quantitative estimate of drug-likeness (QED) is 0.0620. The van der Waals surface area contributed by atoms with E-state index in [0.29, 0.717) is 36.1 Å². The number of thiophene rings is 2. The van der Waals surface area contributed by atoms with Gasteiger partial charge in [-0.25, -0.2) is 0 Å². The van der Waals surface area contributed by atoms with Crippen molar-refractivity contribution in [3.8, 4) is 0 Å². The molecule has 0 atom stereocenters. The average molecular weight is 1190 g/mol. The Kier molecular flexibility index (Phi) is 36.9. The predicted molar refractivity (Wildman–Crippen MR) is 334 cm³/mol. The number of nitrogens with zero attached hydrogens (tertiary/aromatic N) is 2. The Morgan fingerprint density at radius 3 is 0.757 bits per heavy atom. The van der Waals surface area contributed by atoms with Gasteiger partial charge in [0.25, 0.3) is 11.8 Å². The summed E-state index contributed by atoms with van der Waals surface area (Å²) in [4.78, 5) is 37.3. The molecule has 422 valence electrons. The van der Waals surface area contributed by atoms with Crippen LogP contribution in [0, 0.1) is 11.8 Å². The minimum atomic E-state index is 0.0481. The molecule has 0 saturated carbocycles. The summed E-state index contributed by atoms with van der Waals surface area (Å²) in [6.45, 7) is 10.6. The van der Waals surface area contributed by atoms with Crippen LogP contribution in [0.2, 0.25) is 0 Å². The van der Waals surface area contributed by atoms with Gasteiger partial charge in [0, 0.05) is 13.1 Å². The Bertz CT molecular complexity index is 1650. The molecular weight excluding hydrogens is 1080 g/mol. The molecule has 74 heavy (non-hydrogen) atoms. The Morgan fingerprint density at radius 2 is 0.554 bits per heavy atom. The van der Waals surface area contributed by atoms with E-state index < -0.39 is 0 Å². The van der Waals surface area contributed by atoms with Crippen LogP contribution in [0.3, 0.4) is 0 Å². The number of unbranched alkanes of at least 4 members (excludes halogenated alkanes) is 36. The molecule has 2 amide bonds. The highest BCUT2D eigenvalue weighted by molar-refractivity contribution is 9.11. The number of carbonyl (C=O) groups excluding carboxylic acids is 2. The second kappa shape index (κ2) is 41.8. The standard InChI is InChI=1S/C66H110Br2N2O2S2/c1-5-9-13-17-21-25-29-33-37-41-45-55(46-42-38-34-30-26-22-18-14-10-6-2)53-69-63(57-49-51-59(67)73-57)61-62(65(69)71)64(58-50-52-60(68)74-58)70(66(61)72)54-56(47-43-39-35-31-27-23-19-15-11-7-3)48-44-40-36-32-28-24-20-16-12-8-4/h49-52,55-56H,5-48,53-54H2,1-4H3. The summed E-state index contributed by atoms with van der Waals surface area (Å²) in [6.07, 6.45) is 58.1. The van der Waals surface area contributed by atoms with E-state index in [1.165, 1.54) is 257 Å². The van der Waals surface area contributed by atoms with E-state index in [9.17, 15) is 0 Å². The maximum absolute atomic E-state index is 15.5. The number of rotatable bonds is 50. The fourth-order valence-electron chi connectivity index (χ4n) is 12.0. The fourth-order valence-corrected chi connectivity index (χ4v) is 14.9. The molecule has 0 N–H and O–H groups in total. The van der Waals surface area contributed by atoms with Crippen LogP contribution in [0.1, 0.15) is 320 Å². The van der Waals surface area contributed by atoms with Crippen molar-refractivity contribution in [1.82, 2.24) is 9.80 Å². The molecule has 0 aromatic carbocycles. The van der Waals surface area contributed by atoms with E-state index in [0.717, 1.165) is 54.4 Å². The van der Waals surface area contributed by atoms with Crippen molar-refractivity contribution in [3.63, 3.8) is 0 Å². The van der Waals surface area contributed by atoms with Gasteiger partial charge < -0.3 is 9.80 Å². The molecule has 2 aromatic rings. The SMILES string of the molecule is CCCCCCCCCCCCC(CCCCCCCCCCCC)CN1C(=O)C2=C(c3ccc(Br)s3)N(CC(CCCCCCCCCCCC)CCCCCCCCCCCC)C(=O)C2=C1c1ccc(Br)s1. The van der Waals surface area contributed by atoms with Gasteiger partial charge in [0.05, 0.1) is 39.9 Å². The van der Waals surface area contributed by atoms with Crippen LogP contribution in [0.15, 0.2) is 43.0 Å². The van der Waals surface area contributed by atoms with E-state index in [1.54, 1.807) is 22.7 Å².